The summed E-state index contributed by atoms with van der Waals surface area (Å²) in [7, 11) is -4.24. The molecule has 0 saturated carbocycles. The van der Waals surface area contributed by atoms with Gasteiger partial charge in [0, 0.05) is 26.2 Å². The SMILES string of the molecule is O=C(CN1CCN(S(=O)(=O)c2c(F)cccc2F)CC1)c1cccs1. The van der Waals surface area contributed by atoms with Crippen LogP contribution in [-0.4, -0.2) is 56.1 Å². The van der Waals surface area contributed by atoms with Crippen molar-refractivity contribution < 1.29 is 22.0 Å². The number of benzene rings is 1. The van der Waals surface area contributed by atoms with Crippen LogP contribution in [0.15, 0.2) is 40.6 Å². The molecule has 3 rings (SSSR count). The predicted molar refractivity (Wildman–Crippen MR) is 90.2 cm³/mol. The number of rotatable bonds is 5. The first-order chi connectivity index (χ1) is 11.9. The van der Waals surface area contributed by atoms with Gasteiger partial charge in [-0.3, -0.25) is 9.69 Å². The van der Waals surface area contributed by atoms with Gasteiger partial charge in [-0.05, 0) is 23.6 Å². The van der Waals surface area contributed by atoms with E-state index in [1.165, 1.54) is 11.3 Å². The van der Waals surface area contributed by atoms with Crippen molar-refractivity contribution in [2.75, 3.05) is 32.7 Å². The van der Waals surface area contributed by atoms with E-state index >= 15 is 0 Å². The van der Waals surface area contributed by atoms with Crippen molar-refractivity contribution >= 4 is 27.1 Å². The van der Waals surface area contributed by atoms with Gasteiger partial charge >= 0.3 is 0 Å². The molecule has 1 fully saturated rings. The van der Waals surface area contributed by atoms with Gasteiger partial charge in [0.25, 0.3) is 0 Å². The highest BCUT2D eigenvalue weighted by molar-refractivity contribution is 7.89. The van der Waals surface area contributed by atoms with Gasteiger partial charge in [-0.2, -0.15) is 4.31 Å². The minimum Gasteiger partial charge on any atom is -0.293 e. The molecule has 0 spiro atoms. The number of ketones is 1. The Morgan fingerprint density at radius 2 is 1.68 bits per heavy atom. The summed E-state index contributed by atoms with van der Waals surface area (Å²) >= 11 is 1.36. The van der Waals surface area contributed by atoms with E-state index < -0.39 is 26.6 Å². The normalized spacial score (nSPS) is 16.9. The Kier molecular flexibility index (Phi) is 5.28. The van der Waals surface area contributed by atoms with E-state index in [2.05, 4.69) is 0 Å². The molecule has 1 aromatic heterocycles. The molecule has 0 radical (unpaired) electrons. The van der Waals surface area contributed by atoms with Crippen molar-refractivity contribution in [2.45, 2.75) is 4.90 Å². The lowest BCUT2D eigenvalue weighted by molar-refractivity contribution is 0.0905. The first kappa shape index (κ1) is 18.1. The fraction of sp³-hybridized carbons (Fsp3) is 0.312. The molecule has 1 aliphatic heterocycles. The van der Waals surface area contributed by atoms with E-state index in [1.807, 2.05) is 10.3 Å². The second kappa shape index (κ2) is 7.28. The van der Waals surface area contributed by atoms with Crippen LogP contribution in [0.3, 0.4) is 0 Å². The van der Waals surface area contributed by atoms with Crippen LogP contribution in [0, 0.1) is 11.6 Å². The molecule has 0 aliphatic carbocycles. The Morgan fingerprint density at radius 1 is 1.04 bits per heavy atom. The quantitative estimate of drug-likeness (QED) is 0.740. The zero-order valence-electron chi connectivity index (χ0n) is 13.2. The Hall–Kier alpha value is -1.68. The largest absolute Gasteiger partial charge is 0.293 e. The van der Waals surface area contributed by atoms with Crippen molar-refractivity contribution in [1.82, 2.24) is 9.21 Å². The van der Waals surface area contributed by atoms with Gasteiger partial charge in [-0.1, -0.05) is 12.1 Å². The highest BCUT2D eigenvalue weighted by Gasteiger charge is 2.33. The Morgan fingerprint density at radius 3 is 2.24 bits per heavy atom. The number of sulfonamides is 1. The molecule has 0 N–H and O–H groups in total. The molecule has 1 saturated heterocycles. The average Bonchev–Trinajstić information content (AvgIpc) is 3.09. The molecule has 0 unspecified atom stereocenters. The Labute approximate surface area is 148 Å². The maximum Gasteiger partial charge on any atom is 0.249 e. The lowest BCUT2D eigenvalue weighted by atomic mass is 10.2. The summed E-state index contributed by atoms with van der Waals surface area (Å²) in [5.41, 5.74) is 0. The van der Waals surface area contributed by atoms with Crippen molar-refractivity contribution in [3.63, 3.8) is 0 Å². The highest BCUT2D eigenvalue weighted by atomic mass is 32.2. The third-order valence-corrected chi connectivity index (χ3v) is 6.87. The number of nitrogens with zero attached hydrogens (tertiary/aromatic N) is 2. The molecule has 0 bridgehead atoms. The fourth-order valence-electron chi connectivity index (χ4n) is 2.70. The molecule has 2 aromatic rings. The van der Waals surface area contributed by atoms with E-state index in [-0.39, 0.29) is 25.4 Å². The molecule has 2 heterocycles. The predicted octanol–water partition coefficient (Wildman–Crippen LogP) is 2.22. The lowest BCUT2D eigenvalue weighted by Crippen LogP contribution is -2.50. The van der Waals surface area contributed by atoms with Crippen LogP contribution in [0.2, 0.25) is 0 Å². The number of halogens is 2. The van der Waals surface area contributed by atoms with E-state index in [1.54, 1.807) is 12.1 Å². The van der Waals surface area contributed by atoms with E-state index in [0.29, 0.717) is 18.0 Å². The highest BCUT2D eigenvalue weighted by Crippen LogP contribution is 2.23. The van der Waals surface area contributed by atoms with E-state index in [4.69, 9.17) is 0 Å². The molecular formula is C16H16F2N2O3S2. The van der Waals surface area contributed by atoms with Gasteiger partial charge in [0.2, 0.25) is 10.0 Å². The van der Waals surface area contributed by atoms with Crippen molar-refractivity contribution in [1.29, 1.82) is 0 Å². The number of piperazine rings is 1. The summed E-state index contributed by atoms with van der Waals surface area (Å²) < 4.78 is 53.7. The smallest absolute Gasteiger partial charge is 0.249 e. The van der Waals surface area contributed by atoms with Gasteiger partial charge in [0.15, 0.2) is 10.7 Å². The van der Waals surface area contributed by atoms with Gasteiger partial charge in [-0.15, -0.1) is 11.3 Å². The topological polar surface area (TPSA) is 57.7 Å². The minimum atomic E-state index is -4.24. The fourth-order valence-corrected chi connectivity index (χ4v) is 4.89. The molecule has 25 heavy (non-hydrogen) atoms. The first-order valence-corrected chi connectivity index (χ1v) is 9.95. The lowest BCUT2D eigenvalue weighted by Gasteiger charge is -2.33. The number of carbonyl (C=O) groups is 1. The number of thiophene rings is 1. The van der Waals surface area contributed by atoms with E-state index in [9.17, 15) is 22.0 Å². The summed E-state index contributed by atoms with van der Waals surface area (Å²) in [6.45, 7) is 1.00. The molecule has 0 amide bonds. The number of hydrogen-bond acceptors (Lipinski definition) is 5. The Balaban J connectivity index is 1.67. The maximum absolute atomic E-state index is 13.8. The summed E-state index contributed by atoms with van der Waals surface area (Å²) in [5.74, 6) is -2.22. The molecule has 134 valence electrons. The summed E-state index contributed by atoms with van der Waals surface area (Å²) in [5, 5.41) is 1.82. The summed E-state index contributed by atoms with van der Waals surface area (Å²) in [4.78, 5) is 13.7. The van der Waals surface area contributed by atoms with Crippen LogP contribution in [0.1, 0.15) is 9.67 Å². The van der Waals surface area contributed by atoms with Crippen LogP contribution in [0.25, 0.3) is 0 Å². The molecule has 1 aromatic carbocycles. The summed E-state index contributed by atoms with van der Waals surface area (Å²) in [6, 6.07) is 6.51. The van der Waals surface area contributed by atoms with Crippen LogP contribution >= 0.6 is 11.3 Å². The molecule has 9 heteroatoms. The van der Waals surface area contributed by atoms with Crippen LogP contribution in [0.4, 0.5) is 8.78 Å². The van der Waals surface area contributed by atoms with Crippen molar-refractivity contribution in [3.8, 4) is 0 Å². The monoisotopic (exact) mass is 386 g/mol. The third kappa shape index (κ3) is 3.79. The molecule has 0 atom stereocenters. The second-order valence-corrected chi connectivity index (χ2v) is 8.45. The Bertz CT molecular complexity index is 841. The van der Waals surface area contributed by atoms with Crippen molar-refractivity contribution in [3.05, 3.63) is 52.2 Å². The standard InChI is InChI=1S/C16H16F2N2O3S2/c17-12-3-1-4-13(18)16(12)25(22,23)20-8-6-19(7-9-20)11-14(21)15-5-2-10-24-15/h1-5,10H,6-9,11H2. The minimum absolute atomic E-state index is 0.0218. The van der Waals surface area contributed by atoms with Gasteiger partial charge in [0.05, 0.1) is 11.4 Å². The average molecular weight is 386 g/mol. The maximum atomic E-state index is 13.8. The third-order valence-electron chi connectivity index (χ3n) is 4.01. The zero-order chi connectivity index (χ0) is 18.0. The molecule has 1 aliphatic rings. The van der Waals surface area contributed by atoms with Crippen molar-refractivity contribution in [2.24, 2.45) is 0 Å². The number of carbonyl (C=O) groups excluding carboxylic acids is 1. The first-order valence-electron chi connectivity index (χ1n) is 7.63. The zero-order valence-corrected chi connectivity index (χ0v) is 14.8. The van der Waals surface area contributed by atoms with Crippen LogP contribution in [-0.2, 0) is 10.0 Å². The summed E-state index contributed by atoms with van der Waals surface area (Å²) in [6.07, 6.45) is 0. The van der Waals surface area contributed by atoms with Gasteiger partial charge in [0.1, 0.15) is 11.6 Å². The van der Waals surface area contributed by atoms with Crippen LogP contribution in [0.5, 0.6) is 0 Å². The second-order valence-electron chi connectivity index (χ2n) is 5.63. The van der Waals surface area contributed by atoms with Gasteiger partial charge < -0.3 is 0 Å². The van der Waals surface area contributed by atoms with Crippen LogP contribution < -0.4 is 0 Å². The number of hydrogen-bond donors (Lipinski definition) is 0. The number of Topliss-reactive ketones (excluding diaryl/α,β-unsaturated/α-hetero) is 1. The molecule has 5 nitrogen and oxygen atoms in total. The molecular weight excluding hydrogens is 370 g/mol. The van der Waals surface area contributed by atoms with E-state index in [0.717, 1.165) is 22.5 Å². The van der Waals surface area contributed by atoms with Gasteiger partial charge in [-0.25, -0.2) is 17.2 Å².